The molecule has 0 aliphatic carbocycles. The highest BCUT2D eigenvalue weighted by atomic mass is 32.2. The van der Waals surface area contributed by atoms with Gasteiger partial charge < -0.3 is 5.73 Å². The van der Waals surface area contributed by atoms with Crippen LogP contribution in [0.3, 0.4) is 0 Å². The van der Waals surface area contributed by atoms with Crippen LogP contribution in [0, 0.1) is 0 Å². The fraction of sp³-hybridized carbons (Fsp3) is 0.286. The number of hydrogen-bond donors (Lipinski definition) is 2. The largest absolute Gasteiger partial charge is 0.383 e. The number of nitrogens with two attached hydrogens (primary N) is 1. The Balaban J connectivity index is 2.80. The van der Waals surface area contributed by atoms with Gasteiger partial charge in [0.1, 0.15) is 5.82 Å². The molecule has 0 atom stereocenters. The van der Waals surface area contributed by atoms with Gasteiger partial charge in [-0.25, -0.2) is 8.42 Å². The number of aromatic nitrogens is 4. The van der Waals surface area contributed by atoms with Crippen molar-refractivity contribution in [3.8, 4) is 0 Å². The molecule has 0 amide bonds. The zero-order valence-electron chi connectivity index (χ0n) is 8.34. The summed E-state index contributed by atoms with van der Waals surface area (Å²) in [5.74, 6) is -0.0746. The minimum atomic E-state index is -3.51. The number of anilines is 1. The molecule has 2 aromatic heterocycles. The van der Waals surface area contributed by atoms with Crippen LogP contribution in [0.25, 0.3) is 5.78 Å². The van der Waals surface area contributed by atoms with Crippen LogP contribution in [-0.4, -0.2) is 33.8 Å². The second-order valence-electron chi connectivity index (χ2n) is 3.09. The van der Waals surface area contributed by atoms with Gasteiger partial charge in [-0.2, -0.15) is 9.50 Å². The van der Waals surface area contributed by atoms with E-state index in [-0.39, 0.29) is 22.5 Å². The summed E-state index contributed by atoms with van der Waals surface area (Å²) in [5, 5.41) is 3.37. The van der Waals surface area contributed by atoms with Gasteiger partial charge in [-0.05, 0) is 0 Å². The highest BCUT2D eigenvalue weighted by Gasteiger charge is 2.19. The van der Waals surface area contributed by atoms with E-state index in [1.54, 1.807) is 0 Å². The molecule has 0 fully saturated rings. The number of hydrogen-bond acceptors (Lipinski definition) is 6. The lowest BCUT2D eigenvalue weighted by Crippen LogP contribution is -2.11. The highest BCUT2D eigenvalue weighted by Crippen LogP contribution is 2.08. The van der Waals surface area contributed by atoms with E-state index in [4.69, 9.17) is 5.73 Å². The summed E-state index contributed by atoms with van der Waals surface area (Å²) >= 11 is 0. The predicted octanol–water partition coefficient (Wildman–Crippen LogP) is -1.21. The van der Waals surface area contributed by atoms with E-state index < -0.39 is 15.4 Å². The average molecular weight is 243 g/mol. The lowest BCUT2D eigenvalue weighted by molar-refractivity contribution is 0.588. The molecule has 0 aliphatic rings. The van der Waals surface area contributed by atoms with Crippen LogP contribution in [0.5, 0.6) is 0 Å². The topological polar surface area (TPSA) is 123 Å². The van der Waals surface area contributed by atoms with Crippen molar-refractivity contribution in [2.24, 2.45) is 0 Å². The third-order valence-electron chi connectivity index (χ3n) is 2.00. The predicted molar refractivity (Wildman–Crippen MR) is 55.7 cm³/mol. The van der Waals surface area contributed by atoms with Crippen LogP contribution < -0.4 is 11.3 Å². The van der Waals surface area contributed by atoms with Crippen LogP contribution in [0.15, 0.2) is 16.0 Å². The molecule has 8 nitrogen and oxygen atoms in total. The molecule has 2 heterocycles. The fourth-order valence-electron chi connectivity index (χ4n) is 1.16. The van der Waals surface area contributed by atoms with Gasteiger partial charge in [-0.3, -0.25) is 9.78 Å². The number of fused-ring (bicyclic) bond motifs is 1. The lowest BCUT2D eigenvalue weighted by Gasteiger charge is -1.94. The second kappa shape index (κ2) is 3.30. The van der Waals surface area contributed by atoms with Crippen molar-refractivity contribution in [2.45, 2.75) is 12.1 Å². The minimum absolute atomic E-state index is 0.0111. The Morgan fingerprint density at radius 3 is 2.88 bits per heavy atom. The molecule has 2 aromatic rings. The van der Waals surface area contributed by atoms with Crippen LogP contribution >= 0.6 is 0 Å². The summed E-state index contributed by atoms with van der Waals surface area (Å²) in [4.78, 5) is 17.1. The summed E-state index contributed by atoms with van der Waals surface area (Å²) in [5.41, 5.74) is 5.04. The van der Waals surface area contributed by atoms with Crippen molar-refractivity contribution in [3.63, 3.8) is 0 Å². The second-order valence-corrected chi connectivity index (χ2v) is 5.26. The quantitative estimate of drug-likeness (QED) is 0.682. The van der Waals surface area contributed by atoms with Crippen LogP contribution in [-0.2, 0) is 9.84 Å². The molecule has 2 rings (SSSR count). The Morgan fingerprint density at radius 2 is 2.25 bits per heavy atom. The number of nitrogen functional groups attached to an aromatic ring is 1. The molecule has 0 spiro atoms. The maximum atomic E-state index is 11.5. The standard InChI is InChI=1S/C7H9N5O3S/c1-2-16(14,15)7-10-6-9-5(13)3-4(8)12(6)11-7/h3H,2,8H2,1H3,(H,9,10,11,13). The van der Waals surface area contributed by atoms with E-state index in [2.05, 4.69) is 15.1 Å². The molecular formula is C7H9N5O3S. The Hall–Kier alpha value is -1.90. The zero-order chi connectivity index (χ0) is 11.9. The number of aromatic amines is 1. The first kappa shape index (κ1) is 10.6. The maximum Gasteiger partial charge on any atom is 0.269 e. The zero-order valence-corrected chi connectivity index (χ0v) is 9.15. The molecule has 0 aliphatic heterocycles. The van der Waals surface area contributed by atoms with Crippen molar-refractivity contribution >= 4 is 21.4 Å². The van der Waals surface area contributed by atoms with Crippen molar-refractivity contribution < 1.29 is 8.42 Å². The Bertz CT molecular complexity index is 698. The lowest BCUT2D eigenvalue weighted by atomic mass is 10.6. The molecule has 0 aromatic carbocycles. The highest BCUT2D eigenvalue weighted by molar-refractivity contribution is 7.91. The van der Waals surface area contributed by atoms with Crippen molar-refractivity contribution in [1.29, 1.82) is 0 Å². The van der Waals surface area contributed by atoms with Crippen LogP contribution in [0.4, 0.5) is 5.82 Å². The molecule has 16 heavy (non-hydrogen) atoms. The van der Waals surface area contributed by atoms with Gasteiger partial charge in [-0.15, -0.1) is 5.10 Å². The third-order valence-corrected chi connectivity index (χ3v) is 3.49. The molecule has 3 N–H and O–H groups in total. The van der Waals surface area contributed by atoms with E-state index in [0.29, 0.717) is 0 Å². The van der Waals surface area contributed by atoms with E-state index in [1.165, 1.54) is 6.92 Å². The van der Waals surface area contributed by atoms with Gasteiger partial charge in [0.05, 0.1) is 5.75 Å². The summed E-state index contributed by atoms with van der Waals surface area (Å²) in [6.07, 6.45) is 0. The van der Waals surface area contributed by atoms with Gasteiger partial charge in [-0.1, -0.05) is 6.92 Å². The van der Waals surface area contributed by atoms with Crippen LogP contribution in [0.1, 0.15) is 6.92 Å². The smallest absolute Gasteiger partial charge is 0.269 e. The molecule has 0 saturated carbocycles. The summed E-state index contributed by atoms with van der Waals surface area (Å²) in [6.45, 7) is 1.48. The van der Waals surface area contributed by atoms with Crippen molar-refractivity contribution in [2.75, 3.05) is 11.5 Å². The van der Waals surface area contributed by atoms with Gasteiger partial charge >= 0.3 is 0 Å². The van der Waals surface area contributed by atoms with Crippen molar-refractivity contribution in [3.05, 3.63) is 16.4 Å². The van der Waals surface area contributed by atoms with E-state index >= 15 is 0 Å². The van der Waals surface area contributed by atoms with Gasteiger partial charge in [0, 0.05) is 6.07 Å². The average Bonchev–Trinajstić information content (AvgIpc) is 2.62. The SMILES string of the molecule is CCS(=O)(=O)c1nc2[nH]c(=O)cc(N)n2n1. The monoisotopic (exact) mass is 243 g/mol. The molecule has 9 heteroatoms. The number of H-pyrrole nitrogens is 1. The molecule has 0 unspecified atom stereocenters. The minimum Gasteiger partial charge on any atom is -0.383 e. The van der Waals surface area contributed by atoms with Crippen LogP contribution in [0.2, 0.25) is 0 Å². The first-order valence-corrected chi connectivity index (χ1v) is 6.07. The first-order valence-electron chi connectivity index (χ1n) is 4.42. The summed E-state index contributed by atoms with van der Waals surface area (Å²) < 4.78 is 24.1. The summed E-state index contributed by atoms with van der Waals surface area (Å²) in [6, 6.07) is 1.10. The van der Waals surface area contributed by atoms with E-state index in [9.17, 15) is 13.2 Å². The van der Waals surface area contributed by atoms with Gasteiger partial charge in [0.2, 0.25) is 15.6 Å². The summed E-state index contributed by atoms with van der Waals surface area (Å²) in [7, 11) is -3.51. The van der Waals surface area contributed by atoms with E-state index in [0.717, 1.165) is 10.6 Å². The number of rotatable bonds is 2. The molecular weight excluding hydrogens is 234 g/mol. The molecule has 0 saturated heterocycles. The van der Waals surface area contributed by atoms with Gasteiger partial charge in [0.15, 0.2) is 0 Å². The molecule has 86 valence electrons. The normalized spacial score (nSPS) is 12.1. The Labute approximate surface area is 90.0 Å². The number of nitrogens with one attached hydrogen (secondary N) is 1. The third kappa shape index (κ3) is 1.54. The maximum absolute atomic E-state index is 11.5. The Morgan fingerprint density at radius 1 is 1.56 bits per heavy atom. The molecule has 0 bridgehead atoms. The van der Waals surface area contributed by atoms with Gasteiger partial charge in [0.25, 0.3) is 10.7 Å². The van der Waals surface area contributed by atoms with Crippen molar-refractivity contribution in [1.82, 2.24) is 19.6 Å². The Kier molecular flexibility index (Phi) is 2.19. The van der Waals surface area contributed by atoms with E-state index in [1.807, 2.05) is 0 Å². The number of sulfone groups is 1. The molecule has 0 radical (unpaired) electrons. The number of nitrogens with zero attached hydrogens (tertiary/aromatic N) is 3. The fourth-order valence-corrected chi connectivity index (χ4v) is 1.85. The first-order chi connectivity index (χ1) is 7.44.